The molecule has 0 saturated carbocycles. The quantitative estimate of drug-likeness (QED) is 0.383. The van der Waals surface area contributed by atoms with E-state index in [-0.39, 0.29) is 23.4 Å². The third-order valence-corrected chi connectivity index (χ3v) is 5.75. The van der Waals surface area contributed by atoms with Crippen molar-refractivity contribution in [1.29, 1.82) is 0 Å². The molecule has 1 N–H and O–H groups in total. The molecule has 0 fully saturated rings. The van der Waals surface area contributed by atoms with Crippen LogP contribution in [0.2, 0.25) is 0 Å². The number of benzene rings is 2. The molecule has 0 amide bonds. The van der Waals surface area contributed by atoms with E-state index in [1.165, 1.54) is 25.2 Å². The van der Waals surface area contributed by atoms with Crippen LogP contribution in [0.15, 0.2) is 58.2 Å². The topological polar surface area (TPSA) is 112 Å². The summed E-state index contributed by atoms with van der Waals surface area (Å²) in [5, 5.41) is 14.6. The summed E-state index contributed by atoms with van der Waals surface area (Å²) in [5.74, 6) is 1.97. The fourth-order valence-electron chi connectivity index (χ4n) is 3.88. The first kappa shape index (κ1) is 24.0. The van der Waals surface area contributed by atoms with Gasteiger partial charge in [0.05, 0.1) is 19.8 Å². The first-order valence-corrected chi connectivity index (χ1v) is 11.3. The Morgan fingerprint density at radius 2 is 1.74 bits per heavy atom. The van der Waals surface area contributed by atoms with Gasteiger partial charge in [-0.3, -0.25) is 9.36 Å². The van der Waals surface area contributed by atoms with Crippen LogP contribution in [0.3, 0.4) is 0 Å². The molecule has 0 atom stereocenters. The predicted octanol–water partition coefficient (Wildman–Crippen LogP) is 4.18. The van der Waals surface area contributed by atoms with Crippen LogP contribution in [0.4, 0.5) is 0 Å². The van der Waals surface area contributed by atoms with Crippen molar-refractivity contribution >= 4 is 0 Å². The maximum atomic E-state index is 13.9. The molecule has 0 aliphatic rings. The molecule has 2 heterocycles. The van der Waals surface area contributed by atoms with Crippen molar-refractivity contribution in [2.24, 2.45) is 5.92 Å². The molecule has 0 saturated heterocycles. The third kappa shape index (κ3) is 5.03. The van der Waals surface area contributed by atoms with Crippen molar-refractivity contribution in [3.8, 4) is 34.5 Å². The highest BCUT2D eigenvalue weighted by molar-refractivity contribution is 5.58. The van der Waals surface area contributed by atoms with Gasteiger partial charge < -0.3 is 19.1 Å². The number of rotatable bonds is 9. The van der Waals surface area contributed by atoms with Gasteiger partial charge >= 0.3 is 0 Å². The number of aromatic nitrogens is 4. The summed E-state index contributed by atoms with van der Waals surface area (Å²) in [7, 11) is 3.08. The number of hydrogen-bond donors (Lipinski definition) is 1. The molecule has 9 nitrogen and oxygen atoms in total. The monoisotopic (exact) mass is 476 g/mol. The van der Waals surface area contributed by atoms with Gasteiger partial charge in [-0.2, -0.15) is 9.97 Å². The predicted molar refractivity (Wildman–Crippen MR) is 130 cm³/mol. The van der Waals surface area contributed by atoms with Crippen LogP contribution >= 0.6 is 0 Å². The first-order chi connectivity index (χ1) is 16.9. The van der Waals surface area contributed by atoms with Gasteiger partial charge in [-0.15, -0.1) is 0 Å². The summed E-state index contributed by atoms with van der Waals surface area (Å²) in [5.41, 5.74) is 1.87. The number of hydrogen-bond acceptors (Lipinski definition) is 8. The van der Waals surface area contributed by atoms with Crippen molar-refractivity contribution in [3.63, 3.8) is 0 Å². The minimum atomic E-state index is -0.374. The number of ether oxygens (including phenoxy) is 2. The summed E-state index contributed by atoms with van der Waals surface area (Å²) in [6.07, 6.45) is 2.75. The van der Waals surface area contributed by atoms with Crippen molar-refractivity contribution in [2.45, 2.75) is 33.1 Å². The molecular weight excluding hydrogens is 448 g/mol. The zero-order valence-electron chi connectivity index (χ0n) is 20.2. The highest BCUT2D eigenvalue weighted by Crippen LogP contribution is 2.33. The minimum Gasteiger partial charge on any atom is -0.494 e. The van der Waals surface area contributed by atoms with E-state index in [0.717, 1.165) is 17.5 Å². The van der Waals surface area contributed by atoms with Gasteiger partial charge in [-0.25, -0.2) is 0 Å². The molecule has 0 aliphatic carbocycles. The van der Waals surface area contributed by atoms with Gasteiger partial charge in [0, 0.05) is 18.4 Å². The Kier molecular flexibility index (Phi) is 7.14. The molecule has 4 rings (SSSR count). The molecule has 9 heteroatoms. The van der Waals surface area contributed by atoms with Gasteiger partial charge in [0.2, 0.25) is 18.1 Å². The summed E-state index contributed by atoms with van der Waals surface area (Å²) < 4.78 is 17.4. The van der Waals surface area contributed by atoms with Gasteiger partial charge in [0.1, 0.15) is 23.0 Å². The maximum Gasteiger partial charge on any atom is 0.265 e. The van der Waals surface area contributed by atoms with Crippen LogP contribution in [-0.2, 0) is 12.8 Å². The zero-order chi connectivity index (χ0) is 24.9. The van der Waals surface area contributed by atoms with Crippen LogP contribution in [0.25, 0.3) is 17.1 Å². The molecule has 182 valence electrons. The second-order valence-electron chi connectivity index (χ2n) is 8.54. The van der Waals surface area contributed by atoms with E-state index in [1.807, 2.05) is 24.3 Å². The lowest BCUT2D eigenvalue weighted by atomic mass is 10.0. The smallest absolute Gasteiger partial charge is 0.265 e. The number of methoxy groups -OCH3 is 2. The van der Waals surface area contributed by atoms with Gasteiger partial charge in [0.25, 0.3) is 5.56 Å². The summed E-state index contributed by atoms with van der Waals surface area (Å²) in [4.78, 5) is 22.4. The maximum absolute atomic E-state index is 13.9. The molecule has 0 aliphatic heterocycles. The Bertz CT molecular complexity index is 1320. The van der Waals surface area contributed by atoms with Crippen molar-refractivity contribution in [1.82, 2.24) is 19.7 Å². The molecule has 4 aromatic rings. The standard InChI is InChI=1S/C26H28N4O5/c1-16(2)8-13-22-28-25(31)19(14-17-9-11-18(12-10-17)24-27-15-35-29-24)26(32)30(22)23-20(33-3)6-5-7-21(23)34-4/h5-7,9-12,15-16,31H,8,13-14H2,1-4H3. The molecule has 35 heavy (non-hydrogen) atoms. The van der Waals surface area contributed by atoms with Crippen LogP contribution in [0, 0.1) is 5.92 Å². The Labute approximate surface area is 203 Å². The van der Waals surface area contributed by atoms with Crippen molar-refractivity contribution in [2.75, 3.05) is 14.2 Å². The summed E-state index contributed by atoms with van der Waals surface area (Å²) >= 11 is 0. The largest absolute Gasteiger partial charge is 0.494 e. The lowest BCUT2D eigenvalue weighted by Crippen LogP contribution is -2.28. The molecule has 2 aromatic carbocycles. The van der Waals surface area contributed by atoms with Crippen LogP contribution < -0.4 is 15.0 Å². The van der Waals surface area contributed by atoms with E-state index in [0.29, 0.717) is 41.2 Å². The Morgan fingerprint density at radius 3 is 2.31 bits per heavy atom. The lowest BCUT2D eigenvalue weighted by molar-refractivity contribution is 0.387. The first-order valence-electron chi connectivity index (χ1n) is 11.3. The third-order valence-electron chi connectivity index (χ3n) is 5.75. The highest BCUT2D eigenvalue weighted by atomic mass is 16.5. The molecule has 0 bridgehead atoms. The van der Waals surface area contributed by atoms with E-state index in [2.05, 4.69) is 29.0 Å². The number of aromatic hydroxyl groups is 1. The Balaban J connectivity index is 1.82. The lowest BCUT2D eigenvalue weighted by Gasteiger charge is -2.20. The highest BCUT2D eigenvalue weighted by Gasteiger charge is 2.23. The van der Waals surface area contributed by atoms with E-state index < -0.39 is 0 Å². The van der Waals surface area contributed by atoms with E-state index in [1.54, 1.807) is 18.2 Å². The fraction of sp³-hybridized carbons (Fsp3) is 0.308. The van der Waals surface area contributed by atoms with Crippen LogP contribution in [-0.4, -0.2) is 39.0 Å². The van der Waals surface area contributed by atoms with E-state index in [9.17, 15) is 9.90 Å². The van der Waals surface area contributed by atoms with Gasteiger partial charge in [-0.1, -0.05) is 49.3 Å². The van der Waals surface area contributed by atoms with Crippen LogP contribution in [0.1, 0.15) is 37.2 Å². The SMILES string of the molecule is COc1cccc(OC)c1-n1c(CCC(C)C)nc(O)c(Cc2ccc(-c3ncon3)cc2)c1=O. The van der Waals surface area contributed by atoms with Gasteiger partial charge in [0.15, 0.2) is 0 Å². The molecule has 0 unspecified atom stereocenters. The number of nitrogens with zero attached hydrogens (tertiary/aromatic N) is 4. The average molecular weight is 477 g/mol. The number of para-hydroxylation sites is 1. The molecule has 2 aromatic heterocycles. The molecular formula is C26H28N4O5. The van der Waals surface area contributed by atoms with E-state index >= 15 is 0 Å². The second-order valence-corrected chi connectivity index (χ2v) is 8.54. The molecule has 0 spiro atoms. The second kappa shape index (κ2) is 10.4. The minimum absolute atomic E-state index is 0.179. The number of aryl methyl sites for hydroxylation is 1. The summed E-state index contributed by atoms with van der Waals surface area (Å²) in [6, 6.07) is 12.7. The van der Waals surface area contributed by atoms with Crippen LogP contribution in [0.5, 0.6) is 17.4 Å². The zero-order valence-corrected chi connectivity index (χ0v) is 20.2. The van der Waals surface area contributed by atoms with Crippen molar-refractivity contribution < 1.29 is 19.1 Å². The van der Waals surface area contributed by atoms with Crippen molar-refractivity contribution in [3.05, 3.63) is 76.2 Å². The average Bonchev–Trinajstić information content (AvgIpc) is 3.40. The fourth-order valence-corrected chi connectivity index (χ4v) is 3.88. The Morgan fingerprint density at radius 1 is 1.06 bits per heavy atom. The molecule has 0 radical (unpaired) electrons. The normalized spacial score (nSPS) is 11.1. The summed E-state index contributed by atoms with van der Waals surface area (Å²) in [6.45, 7) is 4.19. The Hall–Kier alpha value is -4.14. The van der Waals surface area contributed by atoms with E-state index in [4.69, 9.17) is 14.0 Å². The van der Waals surface area contributed by atoms with Gasteiger partial charge in [-0.05, 0) is 30.0 Å².